The Morgan fingerprint density at radius 1 is 1.14 bits per heavy atom. The van der Waals surface area contributed by atoms with E-state index in [1.165, 1.54) is 24.1 Å². The molecule has 1 atom stereocenters. The van der Waals surface area contributed by atoms with Gasteiger partial charge < -0.3 is 15.0 Å². The molecule has 7 nitrogen and oxygen atoms in total. The van der Waals surface area contributed by atoms with E-state index in [9.17, 15) is 18.8 Å². The van der Waals surface area contributed by atoms with Crippen LogP contribution < -0.4 is 5.32 Å². The van der Waals surface area contributed by atoms with Crippen molar-refractivity contribution in [3.05, 3.63) is 77.6 Å². The summed E-state index contributed by atoms with van der Waals surface area (Å²) in [5.41, 5.74) is 0.393. The fourth-order valence-corrected chi connectivity index (χ4v) is 4.97. The molecule has 2 aliphatic heterocycles. The molecule has 0 aliphatic carbocycles. The lowest BCUT2D eigenvalue weighted by Gasteiger charge is -2.41. The molecular weight excluding hydrogens is 449 g/mol. The molecule has 2 aliphatic rings. The third-order valence-electron chi connectivity index (χ3n) is 6.81. The van der Waals surface area contributed by atoms with Crippen LogP contribution in [0, 0.1) is 11.7 Å². The van der Waals surface area contributed by atoms with Crippen LogP contribution in [-0.2, 0) is 20.7 Å². The Morgan fingerprint density at radius 2 is 1.89 bits per heavy atom. The maximum Gasteiger partial charge on any atom is 0.325 e. The molecule has 0 bridgehead atoms. The Bertz CT molecular complexity index is 1100. The molecule has 0 radical (unpaired) electrons. The Morgan fingerprint density at radius 3 is 2.57 bits per heavy atom. The first-order valence-electron chi connectivity index (χ1n) is 11.8. The van der Waals surface area contributed by atoms with E-state index >= 15 is 0 Å². The van der Waals surface area contributed by atoms with Crippen LogP contribution in [0.15, 0.2) is 60.7 Å². The van der Waals surface area contributed by atoms with Crippen LogP contribution in [0.5, 0.6) is 0 Å². The standard InChI is InChI=1S/C27H30FN3O4/c1-35-17-16-31-25(33)27(29-26(31)34,19-21-8-5-9-23(28)18-21)22-12-14-30(15-13-22)24(32)11-10-20-6-3-2-4-7-20/h2-11,18,22H,12-17,19H2,1H3,(H,29,34)/b11-10+/t27-/m1/s1. The predicted octanol–water partition coefficient (Wildman–Crippen LogP) is 3.26. The minimum atomic E-state index is -1.19. The molecule has 2 aromatic rings. The largest absolute Gasteiger partial charge is 0.383 e. The number of nitrogens with zero attached hydrogens (tertiary/aromatic N) is 2. The van der Waals surface area contributed by atoms with E-state index in [-0.39, 0.29) is 37.3 Å². The summed E-state index contributed by atoms with van der Waals surface area (Å²) in [4.78, 5) is 42.1. The Labute approximate surface area is 204 Å². The SMILES string of the molecule is COCCN1C(=O)N[C@](Cc2cccc(F)c2)(C2CCN(C(=O)/C=C/c3ccccc3)CC2)C1=O. The minimum absolute atomic E-state index is 0.0880. The lowest BCUT2D eigenvalue weighted by atomic mass is 9.74. The summed E-state index contributed by atoms with van der Waals surface area (Å²) < 4.78 is 19.0. The quantitative estimate of drug-likeness (QED) is 0.466. The second kappa shape index (κ2) is 10.8. The van der Waals surface area contributed by atoms with Gasteiger partial charge in [0.1, 0.15) is 11.4 Å². The van der Waals surface area contributed by atoms with Crippen molar-refractivity contribution in [2.45, 2.75) is 24.8 Å². The zero-order valence-electron chi connectivity index (χ0n) is 19.8. The van der Waals surface area contributed by atoms with Gasteiger partial charge in [-0.15, -0.1) is 0 Å². The van der Waals surface area contributed by atoms with Crippen molar-refractivity contribution in [2.24, 2.45) is 5.92 Å². The molecule has 0 aromatic heterocycles. The zero-order valence-corrected chi connectivity index (χ0v) is 19.8. The number of urea groups is 1. The minimum Gasteiger partial charge on any atom is -0.383 e. The molecule has 0 unspecified atom stereocenters. The highest BCUT2D eigenvalue weighted by molar-refractivity contribution is 6.07. The first kappa shape index (κ1) is 24.6. The molecule has 2 heterocycles. The van der Waals surface area contributed by atoms with E-state index in [2.05, 4.69) is 5.32 Å². The number of rotatable bonds is 8. The maximum atomic E-state index is 13.9. The third kappa shape index (κ3) is 5.43. The molecule has 4 rings (SSSR count). The van der Waals surface area contributed by atoms with E-state index in [1.54, 1.807) is 29.2 Å². The number of likely N-dealkylation sites (tertiary alicyclic amines) is 1. The molecule has 4 amide bonds. The van der Waals surface area contributed by atoms with Gasteiger partial charge in [-0.25, -0.2) is 9.18 Å². The first-order valence-corrected chi connectivity index (χ1v) is 11.8. The number of amides is 4. The molecule has 8 heteroatoms. The van der Waals surface area contributed by atoms with Gasteiger partial charge in [-0.1, -0.05) is 42.5 Å². The van der Waals surface area contributed by atoms with Crippen molar-refractivity contribution in [1.82, 2.24) is 15.1 Å². The third-order valence-corrected chi connectivity index (χ3v) is 6.81. The molecule has 0 saturated carbocycles. The number of imide groups is 1. The zero-order chi connectivity index (χ0) is 24.8. The van der Waals surface area contributed by atoms with Gasteiger partial charge in [-0.3, -0.25) is 14.5 Å². The van der Waals surface area contributed by atoms with Crippen LogP contribution >= 0.6 is 0 Å². The van der Waals surface area contributed by atoms with Crippen LogP contribution in [0.3, 0.4) is 0 Å². The number of halogens is 1. The van der Waals surface area contributed by atoms with Crippen molar-refractivity contribution in [2.75, 3.05) is 33.4 Å². The van der Waals surface area contributed by atoms with Crippen molar-refractivity contribution in [1.29, 1.82) is 0 Å². The number of carbonyl (C=O) groups excluding carboxylic acids is 3. The van der Waals surface area contributed by atoms with E-state index in [4.69, 9.17) is 4.74 Å². The van der Waals surface area contributed by atoms with E-state index in [0.717, 1.165) is 5.56 Å². The highest BCUT2D eigenvalue weighted by Crippen LogP contribution is 2.36. The molecule has 0 spiro atoms. The summed E-state index contributed by atoms with van der Waals surface area (Å²) in [5, 5.41) is 2.95. The molecule has 2 saturated heterocycles. The molecule has 2 aromatic carbocycles. The van der Waals surface area contributed by atoms with Crippen molar-refractivity contribution in [3.63, 3.8) is 0 Å². The summed E-state index contributed by atoms with van der Waals surface area (Å²) in [5.74, 6) is -0.999. The number of benzene rings is 2. The molecule has 1 N–H and O–H groups in total. The fourth-order valence-electron chi connectivity index (χ4n) is 4.97. The number of methoxy groups -OCH3 is 1. The summed E-state index contributed by atoms with van der Waals surface area (Å²) >= 11 is 0. The summed E-state index contributed by atoms with van der Waals surface area (Å²) in [7, 11) is 1.51. The normalized spacial score (nSPS) is 21.1. The summed E-state index contributed by atoms with van der Waals surface area (Å²) in [6.45, 7) is 1.31. The van der Waals surface area contributed by atoms with E-state index in [1.807, 2.05) is 30.3 Å². The van der Waals surface area contributed by atoms with E-state index < -0.39 is 17.4 Å². The van der Waals surface area contributed by atoms with Gasteiger partial charge >= 0.3 is 6.03 Å². The van der Waals surface area contributed by atoms with Gasteiger partial charge in [-0.05, 0) is 48.1 Å². The number of hydrogen-bond acceptors (Lipinski definition) is 4. The fraction of sp³-hybridized carbons (Fsp3) is 0.370. The maximum absolute atomic E-state index is 13.9. The summed E-state index contributed by atoms with van der Waals surface area (Å²) in [6.07, 6.45) is 4.63. The Balaban J connectivity index is 1.50. The predicted molar refractivity (Wildman–Crippen MR) is 130 cm³/mol. The van der Waals surface area contributed by atoms with Crippen LogP contribution in [0.25, 0.3) is 6.08 Å². The number of hydrogen-bond donors (Lipinski definition) is 1. The van der Waals surface area contributed by atoms with Gasteiger partial charge in [0.25, 0.3) is 5.91 Å². The monoisotopic (exact) mass is 479 g/mol. The second-order valence-corrected chi connectivity index (χ2v) is 9.00. The van der Waals surface area contributed by atoms with Gasteiger partial charge in [0.05, 0.1) is 13.2 Å². The Kier molecular flexibility index (Phi) is 7.60. The lowest BCUT2D eigenvalue weighted by molar-refractivity contribution is -0.135. The number of carbonyl (C=O) groups is 3. The smallest absolute Gasteiger partial charge is 0.325 e. The number of ether oxygens (including phenoxy) is 1. The summed E-state index contributed by atoms with van der Waals surface area (Å²) in [6, 6.07) is 15.2. The average molecular weight is 480 g/mol. The molecule has 184 valence electrons. The molecular formula is C27H30FN3O4. The van der Waals surface area contributed by atoms with Crippen molar-refractivity contribution in [3.8, 4) is 0 Å². The molecule has 35 heavy (non-hydrogen) atoms. The number of nitrogens with one attached hydrogen (secondary N) is 1. The van der Waals surface area contributed by atoms with Crippen molar-refractivity contribution >= 4 is 23.9 Å². The Hall–Kier alpha value is -3.52. The average Bonchev–Trinajstić information content (AvgIpc) is 3.11. The van der Waals surface area contributed by atoms with Gasteiger partial charge in [0.15, 0.2) is 0 Å². The van der Waals surface area contributed by atoms with Crippen LogP contribution in [-0.4, -0.2) is 66.5 Å². The van der Waals surface area contributed by atoms with Gasteiger partial charge in [0.2, 0.25) is 5.91 Å². The topological polar surface area (TPSA) is 79.0 Å². The van der Waals surface area contributed by atoms with Crippen LogP contribution in [0.1, 0.15) is 24.0 Å². The van der Waals surface area contributed by atoms with Gasteiger partial charge in [-0.2, -0.15) is 0 Å². The van der Waals surface area contributed by atoms with Gasteiger partial charge in [0, 0.05) is 32.7 Å². The highest BCUT2D eigenvalue weighted by atomic mass is 19.1. The lowest BCUT2D eigenvalue weighted by Crippen LogP contribution is -2.58. The van der Waals surface area contributed by atoms with Crippen LogP contribution in [0.4, 0.5) is 9.18 Å². The highest BCUT2D eigenvalue weighted by Gasteiger charge is 2.55. The molecule has 2 fully saturated rings. The van der Waals surface area contributed by atoms with E-state index in [0.29, 0.717) is 31.5 Å². The second-order valence-electron chi connectivity index (χ2n) is 9.00. The first-order chi connectivity index (χ1) is 16.9. The van der Waals surface area contributed by atoms with Crippen LogP contribution in [0.2, 0.25) is 0 Å². The van der Waals surface area contributed by atoms with Crippen molar-refractivity contribution < 1.29 is 23.5 Å². The number of piperidine rings is 1.